The molecule has 0 N–H and O–H groups in total. The molecule has 2 aliphatic rings. The first-order valence-electron chi connectivity index (χ1n) is 11.0. The van der Waals surface area contributed by atoms with Gasteiger partial charge in [-0.25, -0.2) is 0 Å². The third kappa shape index (κ3) is 6.34. The molecule has 3 heterocycles. The number of hydrogen-bond donors (Lipinski definition) is 0. The van der Waals surface area contributed by atoms with Crippen molar-refractivity contribution in [3.63, 3.8) is 0 Å². The minimum absolute atomic E-state index is 0. The van der Waals surface area contributed by atoms with Crippen LogP contribution in [0.4, 0.5) is 5.88 Å². The van der Waals surface area contributed by atoms with Crippen LogP contribution >= 0.6 is 35.6 Å². The Hall–Kier alpha value is -3.06. The van der Waals surface area contributed by atoms with Gasteiger partial charge in [-0.1, -0.05) is 46.6 Å². The van der Waals surface area contributed by atoms with Crippen LogP contribution in [0.25, 0.3) is 11.3 Å². The molecule has 0 saturated heterocycles. The first-order chi connectivity index (χ1) is 16.6. The summed E-state index contributed by atoms with van der Waals surface area (Å²) in [5, 5.41) is 5.39. The maximum Gasteiger partial charge on any atom is 0.231 e. The second-order valence-electron chi connectivity index (χ2n) is 7.98. The zero-order chi connectivity index (χ0) is 23.3. The number of halogens is 3. The molecular weight excluding hydrogens is 509 g/mol. The van der Waals surface area contributed by atoms with E-state index in [1.54, 1.807) is 6.07 Å². The predicted molar refractivity (Wildman–Crippen MR) is 142 cm³/mol. The van der Waals surface area contributed by atoms with Crippen molar-refractivity contribution in [3.8, 4) is 22.8 Å². The lowest BCUT2D eigenvalue weighted by atomic mass is 10.1. The van der Waals surface area contributed by atoms with Gasteiger partial charge in [-0.3, -0.25) is 0 Å². The van der Waals surface area contributed by atoms with E-state index < -0.39 is 0 Å². The molecule has 35 heavy (non-hydrogen) atoms. The average molecular weight is 533 g/mol. The van der Waals surface area contributed by atoms with Crippen LogP contribution in [0.5, 0.6) is 11.5 Å². The zero-order valence-electron chi connectivity index (χ0n) is 18.8. The smallest absolute Gasteiger partial charge is 0.231 e. The van der Waals surface area contributed by atoms with Gasteiger partial charge in [0.25, 0.3) is 0 Å². The lowest BCUT2D eigenvalue weighted by Crippen LogP contribution is -2.26. The number of nitrogens with zero attached hydrogens (tertiary/aromatic N) is 3. The Morgan fingerprint density at radius 3 is 2.40 bits per heavy atom. The van der Waals surface area contributed by atoms with Crippen molar-refractivity contribution < 1.29 is 14.0 Å². The van der Waals surface area contributed by atoms with E-state index in [2.05, 4.69) is 27.4 Å². The highest BCUT2D eigenvalue weighted by molar-refractivity contribution is 6.35. The van der Waals surface area contributed by atoms with E-state index in [1.165, 1.54) is 0 Å². The molecule has 0 unspecified atom stereocenters. The predicted octanol–water partition coefficient (Wildman–Crippen LogP) is 7.09. The molecule has 0 bridgehead atoms. The third-order valence-corrected chi connectivity index (χ3v) is 5.95. The molecule has 3 aromatic rings. The Labute approximate surface area is 220 Å². The van der Waals surface area contributed by atoms with Crippen LogP contribution in [-0.2, 0) is 6.54 Å². The van der Waals surface area contributed by atoms with Gasteiger partial charge < -0.3 is 23.8 Å². The SMILES string of the molecule is Cl.Clc1cc(Cl)cc(-c2cc(N(CCCN3C=CC=CC=C3)Cc3ccc4c(c3)OCO4)on2)c1. The van der Waals surface area contributed by atoms with Gasteiger partial charge in [0, 0.05) is 53.7 Å². The Bertz CT molecular complexity index is 1220. The van der Waals surface area contributed by atoms with Gasteiger partial charge in [0.2, 0.25) is 12.7 Å². The molecule has 0 aliphatic carbocycles. The van der Waals surface area contributed by atoms with Crippen molar-refractivity contribution in [2.24, 2.45) is 0 Å². The lowest BCUT2D eigenvalue weighted by molar-refractivity contribution is 0.174. The second kappa shape index (κ2) is 11.6. The van der Waals surface area contributed by atoms with Crippen LogP contribution in [0.3, 0.4) is 0 Å². The summed E-state index contributed by atoms with van der Waals surface area (Å²) >= 11 is 12.4. The van der Waals surface area contributed by atoms with Crippen LogP contribution in [0.15, 0.2) is 83.7 Å². The van der Waals surface area contributed by atoms with Crippen LogP contribution in [0.1, 0.15) is 12.0 Å². The number of allylic oxidation sites excluding steroid dienone is 4. The fourth-order valence-corrected chi connectivity index (χ4v) is 4.40. The Morgan fingerprint density at radius 1 is 0.886 bits per heavy atom. The minimum Gasteiger partial charge on any atom is -0.454 e. The largest absolute Gasteiger partial charge is 0.454 e. The molecule has 5 rings (SSSR count). The third-order valence-electron chi connectivity index (χ3n) is 5.51. The summed E-state index contributed by atoms with van der Waals surface area (Å²) < 4.78 is 16.8. The first kappa shape index (κ1) is 25.0. The monoisotopic (exact) mass is 531 g/mol. The highest BCUT2D eigenvalue weighted by Crippen LogP contribution is 2.34. The number of aromatic nitrogens is 1. The van der Waals surface area contributed by atoms with Gasteiger partial charge >= 0.3 is 0 Å². The maximum absolute atomic E-state index is 6.18. The van der Waals surface area contributed by atoms with Gasteiger partial charge in [-0.15, -0.1) is 12.4 Å². The number of anilines is 1. The molecule has 9 heteroatoms. The summed E-state index contributed by atoms with van der Waals surface area (Å²) in [6.45, 7) is 2.53. The Kier molecular flexibility index (Phi) is 8.29. The fraction of sp³-hybridized carbons (Fsp3) is 0.192. The normalized spacial score (nSPS) is 13.6. The molecule has 0 spiro atoms. The highest BCUT2D eigenvalue weighted by Gasteiger charge is 2.18. The van der Waals surface area contributed by atoms with Gasteiger partial charge in [-0.2, -0.15) is 0 Å². The topological polar surface area (TPSA) is 51.0 Å². The quantitative estimate of drug-likeness (QED) is 0.308. The van der Waals surface area contributed by atoms with Gasteiger partial charge in [-0.05, 0) is 54.5 Å². The van der Waals surface area contributed by atoms with E-state index in [0.29, 0.717) is 28.2 Å². The number of fused-ring (bicyclic) bond motifs is 1. The number of ether oxygens (including phenoxy) is 2. The average Bonchev–Trinajstić information content (AvgIpc) is 3.42. The van der Waals surface area contributed by atoms with Crippen molar-refractivity contribution in [2.45, 2.75) is 13.0 Å². The van der Waals surface area contributed by atoms with E-state index in [9.17, 15) is 0 Å². The summed E-state index contributed by atoms with van der Waals surface area (Å²) in [6.07, 6.45) is 13.1. The van der Waals surface area contributed by atoms with Crippen LogP contribution in [0.2, 0.25) is 10.0 Å². The molecule has 0 saturated carbocycles. The molecule has 1 aromatic heterocycles. The molecule has 182 valence electrons. The Balaban J connectivity index is 0.00000289. The van der Waals surface area contributed by atoms with Crippen molar-refractivity contribution in [2.75, 3.05) is 24.8 Å². The fourth-order valence-electron chi connectivity index (χ4n) is 3.87. The molecule has 0 radical (unpaired) electrons. The molecule has 0 fully saturated rings. The highest BCUT2D eigenvalue weighted by atomic mass is 35.5. The van der Waals surface area contributed by atoms with E-state index >= 15 is 0 Å². The summed E-state index contributed by atoms with van der Waals surface area (Å²) in [5.74, 6) is 2.20. The Morgan fingerprint density at radius 2 is 1.63 bits per heavy atom. The lowest BCUT2D eigenvalue weighted by Gasteiger charge is -2.23. The van der Waals surface area contributed by atoms with Crippen molar-refractivity contribution in [3.05, 3.63) is 94.8 Å². The van der Waals surface area contributed by atoms with Gasteiger partial charge in [0.1, 0.15) is 5.69 Å². The molecular formula is C26H24Cl3N3O3. The summed E-state index contributed by atoms with van der Waals surface area (Å²) in [5.41, 5.74) is 2.58. The van der Waals surface area contributed by atoms with Crippen molar-refractivity contribution in [1.29, 1.82) is 0 Å². The minimum atomic E-state index is 0. The molecule has 2 aromatic carbocycles. The van der Waals surface area contributed by atoms with Crippen LogP contribution in [-0.4, -0.2) is 29.9 Å². The summed E-state index contributed by atoms with van der Waals surface area (Å²) in [7, 11) is 0. The molecule has 0 atom stereocenters. The van der Waals surface area contributed by atoms with Crippen LogP contribution in [0, 0.1) is 0 Å². The zero-order valence-corrected chi connectivity index (χ0v) is 21.1. The molecule has 2 aliphatic heterocycles. The maximum atomic E-state index is 6.18. The van der Waals surface area contributed by atoms with Gasteiger partial charge in [0.15, 0.2) is 11.5 Å². The van der Waals surface area contributed by atoms with Gasteiger partial charge in [0.05, 0.1) is 0 Å². The summed E-state index contributed by atoms with van der Waals surface area (Å²) in [4.78, 5) is 4.34. The van der Waals surface area contributed by atoms with E-state index in [0.717, 1.165) is 42.1 Å². The molecule has 6 nitrogen and oxygen atoms in total. The van der Waals surface area contributed by atoms with Crippen molar-refractivity contribution in [1.82, 2.24) is 10.1 Å². The number of rotatable bonds is 8. The van der Waals surface area contributed by atoms with E-state index in [1.807, 2.05) is 60.7 Å². The number of benzene rings is 2. The first-order valence-corrected chi connectivity index (χ1v) is 11.7. The van der Waals surface area contributed by atoms with E-state index in [-0.39, 0.29) is 19.2 Å². The molecule has 0 amide bonds. The second-order valence-corrected chi connectivity index (χ2v) is 8.85. The van der Waals surface area contributed by atoms with Crippen molar-refractivity contribution >= 4 is 41.5 Å². The number of hydrogen-bond acceptors (Lipinski definition) is 6. The standard InChI is InChI=1S/C26H23Cl2N3O3.ClH/c27-21-13-20(14-22(28)15-21)23-16-26(34-29-23)31(11-5-10-30-8-3-1-2-4-9-30)17-19-6-7-24-25(12-19)33-18-32-24;/h1-4,6-9,12-16H,5,10-11,17-18H2;1H. The van der Waals surface area contributed by atoms with Crippen LogP contribution < -0.4 is 14.4 Å². The summed E-state index contributed by atoms with van der Waals surface area (Å²) in [6, 6.07) is 13.3. The van der Waals surface area contributed by atoms with E-state index in [4.69, 9.17) is 37.2 Å².